The van der Waals surface area contributed by atoms with Gasteiger partial charge in [0.25, 0.3) is 0 Å². The van der Waals surface area contributed by atoms with E-state index >= 15 is 0 Å². The summed E-state index contributed by atoms with van der Waals surface area (Å²) in [6.07, 6.45) is 3.68. The molecule has 0 atom stereocenters. The van der Waals surface area contributed by atoms with Crippen LogP contribution in [0.1, 0.15) is 0 Å². The van der Waals surface area contributed by atoms with E-state index in [1.165, 1.54) is 11.9 Å². The summed E-state index contributed by atoms with van der Waals surface area (Å²) in [6, 6.07) is 0. The second-order valence-electron chi connectivity index (χ2n) is 0.688. The zero-order chi connectivity index (χ0) is 3.54. The summed E-state index contributed by atoms with van der Waals surface area (Å²) in [5.74, 6) is 0. The fourth-order valence-electron chi connectivity index (χ4n) is 0.176. The first-order chi connectivity index (χ1) is 2.50. The molecule has 1 heterocycles. The van der Waals surface area contributed by atoms with Crippen LogP contribution in [-0.2, 0) is 11.9 Å². The van der Waals surface area contributed by atoms with E-state index in [0.29, 0.717) is 0 Å². The molecule has 0 unspecified atom stereocenters. The summed E-state index contributed by atoms with van der Waals surface area (Å²) in [7, 11) is 0. The number of hydrogen-bond donors (Lipinski definition) is 0. The zero-order valence-electron chi connectivity index (χ0n) is 3.59. The van der Waals surface area contributed by atoms with Crippen molar-refractivity contribution < 1.29 is 18.9 Å². The summed E-state index contributed by atoms with van der Waals surface area (Å²) >= 11 is 1.46. The van der Waals surface area contributed by atoms with E-state index in [9.17, 15) is 0 Å². The molecule has 0 aromatic heterocycles. The smallest absolute Gasteiger partial charge is 0.478 e. The largest absolute Gasteiger partial charge is 1.00 e. The Morgan fingerprint density at radius 1 is 1.50 bits per heavy atom. The fourth-order valence-corrected chi connectivity index (χ4v) is 0.527. The zero-order valence-corrected chi connectivity index (χ0v) is 4.40. The van der Waals surface area contributed by atoms with E-state index in [4.69, 9.17) is 0 Å². The van der Waals surface area contributed by atoms with E-state index in [0.717, 1.165) is 0 Å². The molecule has 1 aliphatic heterocycles. The Bertz CT molecular complexity index is 68.9. The minimum Gasteiger partial charge on any atom is -0.478 e. The van der Waals surface area contributed by atoms with E-state index in [1.54, 1.807) is 6.21 Å². The third kappa shape index (κ3) is 1.71. The molecule has 0 fully saturated rings. The molecular formula is C3H3LiNS. The molecular weight excluding hydrogens is 89.0 g/mol. The summed E-state index contributed by atoms with van der Waals surface area (Å²) in [4.78, 5) is 0. The molecule has 0 aromatic rings. The molecule has 1 aliphatic rings. The normalized spacial score (nSPS) is 14.7. The Hall–Kier alpha value is 0.357. The average Bonchev–Trinajstić information content (AvgIpc) is 1.76. The molecule has 1 radical (unpaired) electrons. The van der Waals surface area contributed by atoms with Crippen LogP contribution in [0.15, 0.2) is 15.9 Å². The third-order valence-electron chi connectivity index (χ3n) is 0.347. The van der Waals surface area contributed by atoms with E-state index in [2.05, 4.69) is 4.40 Å². The molecule has 0 aromatic carbocycles. The van der Waals surface area contributed by atoms with E-state index in [1.807, 2.05) is 11.5 Å². The summed E-state index contributed by atoms with van der Waals surface area (Å²) < 4.78 is 3.76. The van der Waals surface area contributed by atoms with Crippen LogP contribution in [0.5, 0.6) is 0 Å². The minimum atomic E-state index is 0. The van der Waals surface area contributed by atoms with E-state index < -0.39 is 0 Å². The summed E-state index contributed by atoms with van der Waals surface area (Å²) in [6.45, 7) is 0. The maximum Gasteiger partial charge on any atom is 1.00 e. The first-order valence-electron chi connectivity index (χ1n) is 1.34. The maximum atomic E-state index is 3.76. The number of nitrogens with zero attached hydrogens (tertiary/aromatic N) is 1. The molecule has 27 valence electrons. The molecule has 0 amide bonds. The van der Waals surface area contributed by atoms with Crippen LogP contribution < -0.4 is 18.9 Å². The van der Waals surface area contributed by atoms with Crippen LogP contribution >= 0.6 is 0 Å². The molecule has 1 nitrogen and oxygen atoms in total. The van der Waals surface area contributed by atoms with Crippen molar-refractivity contribution in [3.05, 3.63) is 11.5 Å². The van der Waals surface area contributed by atoms with E-state index in [-0.39, 0.29) is 18.9 Å². The molecule has 0 aliphatic carbocycles. The standard InChI is InChI=1S/C3H3NS.Li/c1-2-4-5-3-1;/h1-3H;/q-1;+1. The van der Waals surface area contributed by atoms with Crippen molar-refractivity contribution in [1.29, 1.82) is 0 Å². The van der Waals surface area contributed by atoms with Crippen LogP contribution in [0.3, 0.4) is 0 Å². The maximum absolute atomic E-state index is 3.76. The van der Waals surface area contributed by atoms with Crippen molar-refractivity contribution in [2.75, 3.05) is 0 Å². The third-order valence-corrected chi connectivity index (χ3v) is 0.869. The average molecular weight is 92.1 g/mol. The van der Waals surface area contributed by atoms with Crippen molar-refractivity contribution in [2.24, 2.45) is 4.40 Å². The van der Waals surface area contributed by atoms with Gasteiger partial charge in [0, 0.05) is 0 Å². The number of rotatable bonds is 0. The molecule has 0 bridgehead atoms. The predicted molar refractivity (Wildman–Crippen MR) is 25.0 cm³/mol. The second-order valence-corrected chi connectivity index (χ2v) is 1.38. The van der Waals surface area contributed by atoms with Crippen LogP contribution in [-0.4, -0.2) is 6.21 Å². The molecule has 0 saturated heterocycles. The van der Waals surface area contributed by atoms with Gasteiger partial charge in [-0.1, -0.05) is 6.08 Å². The molecule has 0 saturated carbocycles. The Morgan fingerprint density at radius 2 is 2.33 bits per heavy atom. The van der Waals surface area contributed by atoms with Crippen molar-refractivity contribution in [3.8, 4) is 0 Å². The Morgan fingerprint density at radius 3 is 2.50 bits per heavy atom. The van der Waals surface area contributed by atoms with Crippen molar-refractivity contribution in [3.63, 3.8) is 0 Å². The fraction of sp³-hybridized carbons (Fsp3) is 0. The van der Waals surface area contributed by atoms with Crippen LogP contribution in [0.25, 0.3) is 0 Å². The van der Waals surface area contributed by atoms with Crippen molar-refractivity contribution in [1.82, 2.24) is 0 Å². The monoisotopic (exact) mass is 92.0 g/mol. The van der Waals surface area contributed by atoms with Gasteiger partial charge in [0.1, 0.15) is 0 Å². The van der Waals surface area contributed by atoms with Gasteiger partial charge < -0.3 is 16.3 Å². The van der Waals surface area contributed by atoms with Gasteiger partial charge in [0.2, 0.25) is 0 Å². The van der Waals surface area contributed by atoms with Gasteiger partial charge in [-0.3, -0.25) is 0 Å². The molecule has 0 N–H and O–H groups in total. The SMILES string of the molecule is C1=C[S-]N=C1.[Li+]. The Labute approximate surface area is 53.2 Å². The van der Waals surface area contributed by atoms with Gasteiger partial charge in [-0.25, -0.2) is 0 Å². The van der Waals surface area contributed by atoms with Gasteiger partial charge in [-0.15, -0.1) is 0 Å². The minimum absolute atomic E-state index is 0. The van der Waals surface area contributed by atoms with Crippen LogP contribution in [0.2, 0.25) is 0 Å². The van der Waals surface area contributed by atoms with Gasteiger partial charge in [0.05, 0.1) is 0 Å². The second kappa shape index (κ2) is 3.54. The molecule has 6 heavy (non-hydrogen) atoms. The molecule has 1 rings (SSSR count). The summed E-state index contributed by atoms with van der Waals surface area (Å²) in [5, 5.41) is 1.93. The van der Waals surface area contributed by atoms with Gasteiger partial charge in [-0.2, -0.15) is 5.41 Å². The first-order valence-corrected chi connectivity index (χ1v) is 2.18. The Balaban J connectivity index is 0.000000250. The predicted octanol–water partition coefficient (Wildman–Crippen LogP) is -2.41. The van der Waals surface area contributed by atoms with Gasteiger partial charge in [-0.05, 0) is 6.21 Å². The van der Waals surface area contributed by atoms with Gasteiger partial charge in [0.15, 0.2) is 0 Å². The summed E-state index contributed by atoms with van der Waals surface area (Å²) in [5.41, 5.74) is 0. The topological polar surface area (TPSA) is 12.4 Å². The van der Waals surface area contributed by atoms with Crippen LogP contribution in [0.4, 0.5) is 0 Å². The van der Waals surface area contributed by atoms with Crippen LogP contribution in [0, 0.1) is 0 Å². The quantitative estimate of drug-likeness (QED) is 0.184. The number of allylic oxidation sites excluding steroid dienone is 1. The molecule has 3 heteroatoms. The Kier molecular flexibility index (Phi) is 3.76. The van der Waals surface area contributed by atoms with Gasteiger partial charge >= 0.3 is 18.9 Å². The molecule has 0 spiro atoms. The van der Waals surface area contributed by atoms with Crippen molar-refractivity contribution in [2.45, 2.75) is 0 Å². The number of hydrogen-bond acceptors (Lipinski definition) is 2. The van der Waals surface area contributed by atoms with Crippen molar-refractivity contribution >= 4 is 18.2 Å². The first kappa shape index (κ1) is 6.36.